The Hall–Kier alpha value is -1.87. The highest BCUT2D eigenvalue weighted by atomic mass is 127. The number of nitrogens with zero attached hydrogens (tertiary/aromatic N) is 2. The molecule has 7 heteroatoms. The van der Waals surface area contributed by atoms with Crippen LogP contribution < -0.4 is 10.6 Å². The molecule has 0 saturated heterocycles. The number of rotatable bonds is 7. The summed E-state index contributed by atoms with van der Waals surface area (Å²) < 4.78 is 10.9. The van der Waals surface area contributed by atoms with Crippen LogP contribution in [0.2, 0.25) is 0 Å². The zero-order valence-corrected chi connectivity index (χ0v) is 18.9. The number of hydrogen-bond acceptors (Lipinski definition) is 4. The molecule has 0 saturated carbocycles. The molecule has 0 radical (unpaired) electrons. The molecule has 2 heterocycles. The van der Waals surface area contributed by atoms with Gasteiger partial charge in [0.2, 0.25) is 5.89 Å². The first-order valence-corrected chi connectivity index (χ1v) is 9.54. The number of oxazole rings is 1. The second-order valence-electron chi connectivity index (χ2n) is 6.57. The van der Waals surface area contributed by atoms with Crippen LogP contribution in [-0.4, -0.2) is 37.2 Å². The van der Waals surface area contributed by atoms with Crippen LogP contribution in [0.1, 0.15) is 31.0 Å². The number of halogens is 1. The number of nitrogens with one attached hydrogen (secondary N) is 2. The van der Waals surface area contributed by atoms with Crippen molar-refractivity contribution in [2.45, 2.75) is 33.2 Å². The van der Waals surface area contributed by atoms with Gasteiger partial charge >= 0.3 is 0 Å². The largest absolute Gasteiger partial charge is 0.444 e. The molecule has 1 aliphatic rings. The summed E-state index contributed by atoms with van der Waals surface area (Å²) in [5, 5.41) is 6.65. The molecule has 0 fully saturated rings. The SMILES string of the molecule is CCNC(=NCc1coc(-c2ccc(C)cc2)n1)NCCC1=CCOCC1.I. The Morgan fingerprint density at radius 3 is 2.75 bits per heavy atom. The van der Waals surface area contributed by atoms with Gasteiger partial charge in [-0.25, -0.2) is 9.98 Å². The molecular formula is C21H29IN4O2. The van der Waals surface area contributed by atoms with E-state index in [9.17, 15) is 0 Å². The number of hydrogen-bond donors (Lipinski definition) is 2. The Balaban J connectivity index is 0.00000280. The van der Waals surface area contributed by atoms with Crippen LogP contribution in [0, 0.1) is 6.92 Å². The zero-order valence-electron chi connectivity index (χ0n) is 16.5. The van der Waals surface area contributed by atoms with Crippen LogP contribution in [-0.2, 0) is 11.3 Å². The molecular weight excluding hydrogens is 467 g/mol. The highest BCUT2D eigenvalue weighted by molar-refractivity contribution is 14.0. The first kappa shape index (κ1) is 22.4. The lowest BCUT2D eigenvalue weighted by Crippen LogP contribution is -2.38. The van der Waals surface area contributed by atoms with E-state index in [2.05, 4.69) is 52.7 Å². The molecule has 2 aromatic rings. The minimum Gasteiger partial charge on any atom is -0.444 e. The molecule has 0 atom stereocenters. The van der Waals surface area contributed by atoms with Crippen molar-refractivity contribution in [3.8, 4) is 11.5 Å². The quantitative estimate of drug-likeness (QED) is 0.262. The van der Waals surface area contributed by atoms with Crippen molar-refractivity contribution in [2.24, 2.45) is 4.99 Å². The van der Waals surface area contributed by atoms with E-state index in [-0.39, 0.29) is 24.0 Å². The Labute approximate surface area is 183 Å². The first-order valence-electron chi connectivity index (χ1n) is 9.54. The highest BCUT2D eigenvalue weighted by Gasteiger charge is 2.07. The molecule has 0 unspecified atom stereocenters. The molecule has 0 aliphatic carbocycles. The lowest BCUT2D eigenvalue weighted by Gasteiger charge is -2.15. The van der Waals surface area contributed by atoms with E-state index in [1.54, 1.807) is 6.26 Å². The van der Waals surface area contributed by atoms with Gasteiger partial charge in [0.05, 0.1) is 19.8 Å². The van der Waals surface area contributed by atoms with Crippen LogP contribution in [0.4, 0.5) is 0 Å². The maximum atomic E-state index is 5.60. The Morgan fingerprint density at radius 1 is 1.21 bits per heavy atom. The van der Waals surface area contributed by atoms with E-state index < -0.39 is 0 Å². The third kappa shape index (κ3) is 6.94. The minimum absolute atomic E-state index is 0. The molecule has 3 rings (SSSR count). The van der Waals surface area contributed by atoms with E-state index >= 15 is 0 Å². The summed E-state index contributed by atoms with van der Waals surface area (Å²) in [5.74, 6) is 1.43. The Kier molecular flexibility index (Phi) is 9.49. The Morgan fingerprint density at radius 2 is 2.04 bits per heavy atom. The van der Waals surface area contributed by atoms with Crippen LogP contribution in [0.15, 0.2) is 51.6 Å². The van der Waals surface area contributed by atoms with Gasteiger partial charge in [0.25, 0.3) is 0 Å². The first-order chi connectivity index (χ1) is 13.2. The zero-order chi connectivity index (χ0) is 18.9. The van der Waals surface area contributed by atoms with Gasteiger partial charge in [0.15, 0.2) is 5.96 Å². The third-order valence-corrected chi connectivity index (χ3v) is 4.39. The van der Waals surface area contributed by atoms with Gasteiger partial charge < -0.3 is 19.8 Å². The fraction of sp³-hybridized carbons (Fsp3) is 0.429. The topological polar surface area (TPSA) is 71.7 Å². The number of benzene rings is 1. The number of aliphatic imine (C=N–C) groups is 1. The van der Waals surface area contributed by atoms with Crippen molar-refractivity contribution in [3.05, 3.63) is 53.4 Å². The normalized spacial score (nSPS) is 14.2. The van der Waals surface area contributed by atoms with Crippen molar-refractivity contribution in [1.29, 1.82) is 0 Å². The summed E-state index contributed by atoms with van der Waals surface area (Å²) in [7, 11) is 0. The van der Waals surface area contributed by atoms with Crippen molar-refractivity contribution in [1.82, 2.24) is 15.6 Å². The summed E-state index contributed by atoms with van der Waals surface area (Å²) in [6.45, 7) is 7.83. The van der Waals surface area contributed by atoms with Crippen LogP contribution >= 0.6 is 24.0 Å². The van der Waals surface area contributed by atoms with E-state index in [1.165, 1.54) is 11.1 Å². The van der Waals surface area contributed by atoms with E-state index in [1.807, 2.05) is 12.1 Å². The lowest BCUT2D eigenvalue weighted by molar-refractivity contribution is 0.153. The molecule has 1 aromatic heterocycles. The molecule has 28 heavy (non-hydrogen) atoms. The summed E-state index contributed by atoms with van der Waals surface area (Å²) in [6.07, 6.45) is 5.89. The standard InChI is InChI=1S/C21H28N4O2.HI/c1-3-22-21(23-11-8-17-9-12-26-13-10-17)24-14-19-15-27-20(25-19)18-6-4-16(2)5-7-18;/h4-7,9,15H,3,8,10-14H2,1-2H3,(H2,22,23,24);1H. The predicted octanol–water partition coefficient (Wildman–Crippen LogP) is 4.06. The smallest absolute Gasteiger partial charge is 0.226 e. The maximum Gasteiger partial charge on any atom is 0.226 e. The van der Waals surface area contributed by atoms with Crippen LogP contribution in [0.5, 0.6) is 0 Å². The van der Waals surface area contributed by atoms with E-state index in [0.717, 1.165) is 56.4 Å². The number of ether oxygens (including phenoxy) is 1. The van der Waals surface area contributed by atoms with Crippen molar-refractivity contribution < 1.29 is 9.15 Å². The van der Waals surface area contributed by atoms with Crippen molar-refractivity contribution in [2.75, 3.05) is 26.3 Å². The van der Waals surface area contributed by atoms with Crippen LogP contribution in [0.25, 0.3) is 11.5 Å². The summed E-state index contributed by atoms with van der Waals surface area (Å²) >= 11 is 0. The average molecular weight is 496 g/mol. The molecule has 2 N–H and O–H groups in total. The van der Waals surface area contributed by atoms with Gasteiger partial charge in [0, 0.05) is 18.7 Å². The van der Waals surface area contributed by atoms with E-state index in [4.69, 9.17) is 9.15 Å². The fourth-order valence-electron chi connectivity index (χ4n) is 2.84. The summed E-state index contributed by atoms with van der Waals surface area (Å²) in [6, 6.07) is 8.15. The molecule has 0 bridgehead atoms. The fourth-order valence-corrected chi connectivity index (χ4v) is 2.84. The van der Waals surface area contributed by atoms with Gasteiger partial charge in [-0.05, 0) is 38.8 Å². The lowest BCUT2D eigenvalue weighted by atomic mass is 10.1. The van der Waals surface area contributed by atoms with Crippen molar-refractivity contribution >= 4 is 29.9 Å². The molecule has 1 aliphatic heterocycles. The molecule has 6 nitrogen and oxygen atoms in total. The minimum atomic E-state index is 0. The van der Waals surface area contributed by atoms with Crippen LogP contribution in [0.3, 0.4) is 0 Å². The molecule has 152 valence electrons. The van der Waals surface area contributed by atoms with Gasteiger partial charge in [-0.15, -0.1) is 24.0 Å². The predicted molar refractivity (Wildman–Crippen MR) is 123 cm³/mol. The molecule has 1 aromatic carbocycles. The van der Waals surface area contributed by atoms with Gasteiger partial charge in [0.1, 0.15) is 12.0 Å². The maximum absolute atomic E-state index is 5.60. The van der Waals surface area contributed by atoms with E-state index in [0.29, 0.717) is 12.4 Å². The summed E-state index contributed by atoms with van der Waals surface area (Å²) in [4.78, 5) is 9.16. The third-order valence-electron chi connectivity index (χ3n) is 4.39. The second kappa shape index (κ2) is 11.9. The molecule has 0 amide bonds. The Bertz CT molecular complexity index is 784. The number of aryl methyl sites for hydroxylation is 1. The van der Waals surface area contributed by atoms with Gasteiger partial charge in [-0.3, -0.25) is 0 Å². The second-order valence-corrected chi connectivity index (χ2v) is 6.57. The number of guanidine groups is 1. The molecule has 0 spiro atoms. The van der Waals surface area contributed by atoms with Gasteiger partial charge in [-0.1, -0.05) is 29.3 Å². The average Bonchev–Trinajstić information content (AvgIpc) is 3.16. The monoisotopic (exact) mass is 496 g/mol. The van der Waals surface area contributed by atoms with Crippen molar-refractivity contribution in [3.63, 3.8) is 0 Å². The highest BCUT2D eigenvalue weighted by Crippen LogP contribution is 2.19. The summed E-state index contributed by atoms with van der Waals surface area (Å²) in [5.41, 5.74) is 4.46. The van der Waals surface area contributed by atoms with Gasteiger partial charge in [-0.2, -0.15) is 0 Å². The number of aromatic nitrogens is 1.